The number of nitrogens with two attached hydrogens (primary N) is 2. The Hall–Kier alpha value is -4.95. The van der Waals surface area contributed by atoms with E-state index in [0.717, 1.165) is 10.9 Å². The van der Waals surface area contributed by atoms with Gasteiger partial charge >= 0.3 is 5.97 Å². The first-order chi connectivity index (χ1) is 20.0. The molecule has 4 amide bonds. The quantitative estimate of drug-likeness (QED) is 0.104. The minimum atomic E-state index is -1.50. The van der Waals surface area contributed by atoms with E-state index in [4.69, 9.17) is 11.5 Å². The molecule has 0 radical (unpaired) electrons. The van der Waals surface area contributed by atoms with Crippen molar-refractivity contribution in [3.05, 3.63) is 65.9 Å². The molecule has 4 unspecified atom stereocenters. The number of hydrogen-bond acceptors (Lipinski definition) is 8. The molecule has 4 atom stereocenters. The second-order valence-electron chi connectivity index (χ2n) is 9.75. The van der Waals surface area contributed by atoms with E-state index >= 15 is 0 Å². The van der Waals surface area contributed by atoms with E-state index in [1.807, 2.05) is 18.2 Å². The molecule has 0 bridgehead atoms. The normalized spacial score (nSPS) is 13.9. The smallest absolute Gasteiger partial charge is 0.326 e. The summed E-state index contributed by atoms with van der Waals surface area (Å²) >= 11 is 0. The molecule has 224 valence electrons. The molecule has 0 aliphatic rings. The molecule has 14 nitrogen and oxygen atoms in total. The number of aromatic nitrogens is 1. The number of fused-ring (bicyclic) bond motifs is 1. The van der Waals surface area contributed by atoms with Crippen LogP contribution in [0.1, 0.15) is 24.0 Å². The highest BCUT2D eigenvalue weighted by Gasteiger charge is 2.31. The zero-order chi connectivity index (χ0) is 30.8. The number of aromatic hydroxyl groups is 1. The molecule has 11 N–H and O–H groups in total. The first-order valence-corrected chi connectivity index (χ1v) is 13.1. The van der Waals surface area contributed by atoms with Gasteiger partial charge in [0.25, 0.3) is 0 Å². The molecule has 14 heteroatoms. The standard InChI is InChI=1S/C28H34N6O8/c29-19(9-10-24(30)37)25(38)34-23(14-35)27(40)32-21(12-16-13-31-20-4-2-1-3-18(16)20)26(39)33-22(28(41)42)11-15-5-7-17(36)8-6-15/h1-8,13,19,21-23,31,35-36H,9-12,14,29H2,(H2,30,37)(H,32,40)(H,33,39)(H,34,38)(H,41,42). The molecule has 0 saturated heterocycles. The zero-order valence-corrected chi connectivity index (χ0v) is 22.6. The number of H-pyrrole nitrogens is 1. The molecule has 0 fully saturated rings. The number of benzene rings is 2. The van der Waals surface area contributed by atoms with Crippen molar-refractivity contribution in [3.8, 4) is 5.75 Å². The predicted molar refractivity (Wildman–Crippen MR) is 151 cm³/mol. The molecule has 0 spiro atoms. The number of carboxylic acids is 1. The van der Waals surface area contributed by atoms with Gasteiger partial charge in [-0.2, -0.15) is 0 Å². The average molecular weight is 583 g/mol. The van der Waals surface area contributed by atoms with Crippen LogP contribution in [0.3, 0.4) is 0 Å². The molecule has 1 aromatic heterocycles. The number of carbonyl (C=O) groups is 5. The van der Waals surface area contributed by atoms with E-state index in [-0.39, 0.29) is 31.4 Å². The third-order valence-corrected chi connectivity index (χ3v) is 6.58. The zero-order valence-electron chi connectivity index (χ0n) is 22.6. The Labute approximate surface area is 240 Å². The van der Waals surface area contributed by atoms with Crippen molar-refractivity contribution in [2.45, 2.75) is 49.9 Å². The number of phenolic OH excluding ortho intramolecular Hbond substituents is 1. The highest BCUT2D eigenvalue weighted by Crippen LogP contribution is 2.19. The van der Waals surface area contributed by atoms with E-state index < -0.39 is 60.4 Å². The minimum Gasteiger partial charge on any atom is -0.508 e. The third kappa shape index (κ3) is 8.78. The Balaban J connectivity index is 1.80. The summed E-state index contributed by atoms with van der Waals surface area (Å²) in [5.41, 5.74) is 12.8. The number of hydrogen-bond donors (Lipinski definition) is 9. The van der Waals surface area contributed by atoms with E-state index in [0.29, 0.717) is 11.1 Å². The fourth-order valence-corrected chi connectivity index (χ4v) is 4.24. The van der Waals surface area contributed by atoms with Gasteiger partial charge in [0, 0.05) is 36.4 Å². The largest absolute Gasteiger partial charge is 0.508 e. The first-order valence-electron chi connectivity index (χ1n) is 13.1. The number of aliphatic hydroxyl groups excluding tert-OH is 1. The van der Waals surface area contributed by atoms with Crippen LogP contribution >= 0.6 is 0 Å². The molecule has 3 aromatic rings. The number of aliphatic hydroxyl groups is 1. The molecule has 0 aliphatic heterocycles. The molecular weight excluding hydrogens is 548 g/mol. The first kappa shape index (κ1) is 31.6. The Kier molecular flexibility index (Phi) is 11.0. The van der Waals surface area contributed by atoms with Gasteiger partial charge in [0.05, 0.1) is 12.6 Å². The molecule has 0 saturated carbocycles. The van der Waals surface area contributed by atoms with Crippen molar-refractivity contribution < 1.29 is 39.3 Å². The van der Waals surface area contributed by atoms with Crippen molar-refractivity contribution in [1.82, 2.24) is 20.9 Å². The number of rotatable bonds is 15. The summed E-state index contributed by atoms with van der Waals surface area (Å²) in [5, 5.41) is 37.1. The number of primary amides is 1. The van der Waals surface area contributed by atoms with E-state index in [2.05, 4.69) is 20.9 Å². The predicted octanol–water partition coefficient (Wildman–Crippen LogP) is -1.22. The number of aromatic amines is 1. The molecule has 2 aromatic carbocycles. The van der Waals surface area contributed by atoms with Gasteiger partial charge in [-0.1, -0.05) is 30.3 Å². The van der Waals surface area contributed by atoms with Crippen molar-refractivity contribution >= 4 is 40.5 Å². The number of amides is 4. The second-order valence-corrected chi connectivity index (χ2v) is 9.75. The van der Waals surface area contributed by atoms with Gasteiger partial charge in [0.1, 0.15) is 23.9 Å². The van der Waals surface area contributed by atoms with Crippen molar-refractivity contribution in [3.63, 3.8) is 0 Å². The Morgan fingerprint density at radius 1 is 0.833 bits per heavy atom. The lowest BCUT2D eigenvalue weighted by Gasteiger charge is -2.24. The lowest BCUT2D eigenvalue weighted by atomic mass is 10.0. The van der Waals surface area contributed by atoms with Crippen LogP contribution in [-0.2, 0) is 36.8 Å². The second kappa shape index (κ2) is 14.6. The van der Waals surface area contributed by atoms with Gasteiger partial charge in [0.15, 0.2) is 0 Å². The van der Waals surface area contributed by atoms with Crippen molar-refractivity contribution in [2.75, 3.05) is 6.61 Å². The maximum absolute atomic E-state index is 13.4. The number of phenols is 1. The summed E-state index contributed by atoms with van der Waals surface area (Å²) in [5.74, 6) is -4.54. The summed E-state index contributed by atoms with van der Waals surface area (Å²) in [7, 11) is 0. The summed E-state index contributed by atoms with van der Waals surface area (Å²) in [6.45, 7) is -0.833. The van der Waals surface area contributed by atoms with Gasteiger partial charge in [0.2, 0.25) is 23.6 Å². The van der Waals surface area contributed by atoms with E-state index in [9.17, 15) is 39.3 Å². The summed E-state index contributed by atoms with van der Waals surface area (Å²) < 4.78 is 0. The van der Waals surface area contributed by atoms with Gasteiger partial charge in [-0.15, -0.1) is 0 Å². The van der Waals surface area contributed by atoms with E-state index in [1.54, 1.807) is 12.3 Å². The summed E-state index contributed by atoms with van der Waals surface area (Å²) in [4.78, 5) is 65.0. The number of para-hydroxylation sites is 1. The van der Waals surface area contributed by atoms with Crippen LogP contribution in [0.25, 0.3) is 10.9 Å². The highest BCUT2D eigenvalue weighted by molar-refractivity contribution is 5.95. The maximum atomic E-state index is 13.4. The number of carboxylic acid groups (broad SMARTS) is 1. The van der Waals surface area contributed by atoms with Crippen LogP contribution < -0.4 is 27.4 Å². The third-order valence-electron chi connectivity index (χ3n) is 6.58. The van der Waals surface area contributed by atoms with Crippen molar-refractivity contribution in [2.24, 2.45) is 11.5 Å². The van der Waals surface area contributed by atoms with Gasteiger partial charge in [-0.3, -0.25) is 19.2 Å². The number of nitrogens with one attached hydrogen (secondary N) is 4. The number of aliphatic carboxylic acids is 1. The topological polar surface area (TPSA) is 250 Å². The molecule has 1 heterocycles. The van der Waals surface area contributed by atoms with Gasteiger partial charge in [-0.25, -0.2) is 4.79 Å². The molecule has 3 rings (SSSR count). The van der Waals surface area contributed by atoms with Crippen molar-refractivity contribution in [1.29, 1.82) is 0 Å². The lowest BCUT2D eigenvalue weighted by molar-refractivity contribution is -0.142. The fourth-order valence-electron chi connectivity index (χ4n) is 4.24. The lowest BCUT2D eigenvalue weighted by Crippen LogP contribution is -2.58. The monoisotopic (exact) mass is 582 g/mol. The summed E-state index contributed by atoms with van der Waals surface area (Å²) in [6, 6.07) is 7.70. The Morgan fingerprint density at radius 3 is 2.10 bits per heavy atom. The number of carbonyl (C=O) groups excluding carboxylic acids is 4. The fraction of sp³-hybridized carbons (Fsp3) is 0.321. The van der Waals surface area contributed by atoms with Crippen LogP contribution in [0.4, 0.5) is 0 Å². The SMILES string of the molecule is NC(=O)CCC(N)C(=O)NC(CO)C(=O)NC(Cc1c[nH]c2ccccc12)C(=O)NC(Cc1ccc(O)cc1)C(=O)O. The van der Waals surface area contributed by atoms with Gasteiger partial charge in [-0.05, 0) is 35.7 Å². The van der Waals surface area contributed by atoms with E-state index in [1.165, 1.54) is 24.3 Å². The molecule has 0 aliphatic carbocycles. The van der Waals surface area contributed by atoms with Gasteiger partial charge < -0.3 is 47.7 Å². The maximum Gasteiger partial charge on any atom is 0.326 e. The van der Waals surface area contributed by atoms with Crippen LogP contribution in [0.2, 0.25) is 0 Å². The minimum absolute atomic E-state index is 0.00415. The van der Waals surface area contributed by atoms with Crippen LogP contribution in [0.15, 0.2) is 54.7 Å². The molecule has 42 heavy (non-hydrogen) atoms. The van der Waals surface area contributed by atoms with Crippen LogP contribution in [0.5, 0.6) is 5.75 Å². The Morgan fingerprint density at radius 2 is 1.45 bits per heavy atom. The summed E-state index contributed by atoms with van der Waals surface area (Å²) in [6.07, 6.45) is 1.26. The average Bonchev–Trinajstić information content (AvgIpc) is 3.37. The highest BCUT2D eigenvalue weighted by atomic mass is 16.4. The molecular formula is C28H34N6O8. The van der Waals surface area contributed by atoms with Crippen LogP contribution in [-0.4, -0.2) is 80.7 Å². The van der Waals surface area contributed by atoms with Crippen LogP contribution in [0, 0.1) is 0 Å². The Bertz CT molecular complexity index is 1420.